The van der Waals surface area contributed by atoms with Crippen molar-refractivity contribution in [2.45, 2.75) is 19.0 Å². The van der Waals surface area contributed by atoms with E-state index in [-0.39, 0.29) is 6.07 Å². The molecule has 0 bridgehead atoms. The molecule has 1 aromatic rings. The lowest BCUT2D eigenvalue weighted by Gasteiger charge is -2.12. The molecule has 3 nitrogen and oxygen atoms in total. The second-order valence-electron chi connectivity index (χ2n) is 3.13. The molecule has 1 N–H and O–H groups in total. The molecule has 1 aromatic heterocycles. The highest BCUT2D eigenvalue weighted by Gasteiger charge is 2.35. The van der Waals surface area contributed by atoms with Crippen LogP contribution >= 0.6 is 0 Å². The number of carbonyl (C=O) groups is 1. The predicted molar refractivity (Wildman–Crippen MR) is 45.5 cm³/mol. The Bertz CT molecular complexity index is 430. The fraction of sp³-hybridized carbons (Fsp3) is 0.333. The number of pyridine rings is 1. The molecule has 0 saturated heterocycles. The Labute approximate surface area is 91.9 Å². The van der Waals surface area contributed by atoms with Crippen LogP contribution in [0, 0.1) is 0 Å². The van der Waals surface area contributed by atoms with Gasteiger partial charge in [-0.3, -0.25) is 9.78 Å². The zero-order valence-electron chi connectivity index (χ0n) is 8.13. The molecule has 1 heterocycles. The quantitative estimate of drug-likeness (QED) is 0.845. The van der Waals surface area contributed by atoms with Gasteiger partial charge in [-0.25, -0.2) is 8.78 Å². The van der Waals surface area contributed by atoms with Gasteiger partial charge in [0.15, 0.2) is 0 Å². The van der Waals surface area contributed by atoms with Crippen LogP contribution in [0.4, 0.5) is 22.0 Å². The minimum Gasteiger partial charge on any atom is -0.481 e. The Morgan fingerprint density at radius 2 is 2.00 bits per heavy atom. The highest BCUT2D eigenvalue weighted by atomic mass is 19.4. The Balaban J connectivity index is 3.27. The molecule has 17 heavy (non-hydrogen) atoms. The van der Waals surface area contributed by atoms with Crippen molar-refractivity contribution in [3.8, 4) is 0 Å². The standard InChI is InChI=1S/C9H6F5NO2/c10-8(11)4-1-5(9(12,13)14)6(15-3-4)2-7(16)17/h1,3,8H,2H2,(H,16,17). The third kappa shape index (κ3) is 3.36. The van der Waals surface area contributed by atoms with Gasteiger partial charge in [0, 0.05) is 11.8 Å². The van der Waals surface area contributed by atoms with Crippen LogP contribution in [0.2, 0.25) is 0 Å². The van der Waals surface area contributed by atoms with Crippen LogP contribution in [-0.2, 0) is 17.4 Å². The van der Waals surface area contributed by atoms with Crippen molar-refractivity contribution in [2.24, 2.45) is 0 Å². The largest absolute Gasteiger partial charge is 0.481 e. The number of aliphatic carboxylic acids is 1. The average Bonchev–Trinajstić information content (AvgIpc) is 2.15. The first-order valence-electron chi connectivity index (χ1n) is 4.27. The van der Waals surface area contributed by atoms with Gasteiger partial charge in [0.2, 0.25) is 0 Å². The highest BCUT2D eigenvalue weighted by molar-refractivity contribution is 5.70. The topological polar surface area (TPSA) is 50.2 Å². The van der Waals surface area contributed by atoms with Gasteiger partial charge in [0.1, 0.15) is 0 Å². The summed E-state index contributed by atoms with van der Waals surface area (Å²) in [5.74, 6) is -1.52. The van der Waals surface area contributed by atoms with Crippen molar-refractivity contribution in [2.75, 3.05) is 0 Å². The second-order valence-corrected chi connectivity index (χ2v) is 3.13. The lowest BCUT2D eigenvalue weighted by atomic mass is 10.1. The lowest BCUT2D eigenvalue weighted by Crippen LogP contribution is -2.14. The summed E-state index contributed by atoms with van der Waals surface area (Å²) in [6, 6.07) is 0.218. The molecule has 94 valence electrons. The van der Waals surface area contributed by atoms with E-state index in [4.69, 9.17) is 5.11 Å². The van der Waals surface area contributed by atoms with Gasteiger partial charge in [-0.15, -0.1) is 0 Å². The predicted octanol–water partition coefficient (Wildman–Crippen LogP) is 2.67. The molecule has 0 saturated carbocycles. The van der Waals surface area contributed by atoms with Crippen molar-refractivity contribution >= 4 is 5.97 Å². The molecule has 0 unspecified atom stereocenters. The van der Waals surface area contributed by atoms with Crippen LogP contribution in [0.1, 0.15) is 23.2 Å². The first-order valence-corrected chi connectivity index (χ1v) is 4.27. The third-order valence-electron chi connectivity index (χ3n) is 1.87. The van der Waals surface area contributed by atoms with E-state index in [1.54, 1.807) is 0 Å². The number of halogens is 5. The number of carboxylic acids is 1. The van der Waals surface area contributed by atoms with Gasteiger partial charge in [0.25, 0.3) is 6.43 Å². The molecule has 0 aliphatic rings. The van der Waals surface area contributed by atoms with Crippen molar-refractivity contribution in [1.29, 1.82) is 0 Å². The zero-order valence-corrected chi connectivity index (χ0v) is 8.13. The fourth-order valence-electron chi connectivity index (χ4n) is 1.16. The normalized spacial score (nSPS) is 11.9. The van der Waals surface area contributed by atoms with Crippen LogP contribution in [0.5, 0.6) is 0 Å². The van der Waals surface area contributed by atoms with E-state index < -0.39 is 41.8 Å². The molecule has 0 atom stereocenters. The summed E-state index contributed by atoms with van der Waals surface area (Å²) in [5, 5.41) is 8.38. The number of rotatable bonds is 3. The van der Waals surface area contributed by atoms with E-state index in [1.165, 1.54) is 0 Å². The number of carboxylic acid groups (broad SMARTS) is 1. The molecule has 0 aromatic carbocycles. The van der Waals surface area contributed by atoms with E-state index in [2.05, 4.69) is 4.98 Å². The van der Waals surface area contributed by atoms with Gasteiger partial charge in [0.05, 0.1) is 17.7 Å². The second kappa shape index (κ2) is 4.64. The van der Waals surface area contributed by atoms with Crippen molar-refractivity contribution in [1.82, 2.24) is 4.98 Å². The van der Waals surface area contributed by atoms with E-state index in [1.807, 2.05) is 0 Å². The number of aromatic nitrogens is 1. The van der Waals surface area contributed by atoms with E-state index in [0.29, 0.717) is 6.20 Å². The maximum absolute atomic E-state index is 12.5. The van der Waals surface area contributed by atoms with Crippen LogP contribution in [0.3, 0.4) is 0 Å². The lowest BCUT2D eigenvalue weighted by molar-refractivity contribution is -0.140. The van der Waals surface area contributed by atoms with Gasteiger partial charge in [-0.2, -0.15) is 13.2 Å². The Morgan fingerprint density at radius 1 is 1.41 bits per heavy atom. The van der Waals surface area contributed by atoms with Crippen LogP contribution < -0.4 is 0 Å². The summed E-state index contributed by atoms with van der Waals surface area (Å²) in [5.41, 5.74) is -3.13. The Hall–Kier alpha value is -1.73. The molecule has 0 aliphatic heterocycles. The molecule has 0 fully saturated rings. The van der Waals surface area contributed by atoms with E-state index in [9.17, 15) is 26.7 Å². The van der Waals surface area contributed by atoms with Crippen LogP contribution in [0.15, 0.2) is 12.3 Å². The molecular formula is C9H6F5NO2. The zero-order chi connectivity index (χ0) is 13.2. The first-order chi connectivity index (χ1) is 7.71. The van der Waals surface area contributed by atoms with Crippen molar-refractivity contribution < 1.29 is 31.9 Å². The number of hydrogen-bond donors (Lipinski definition) is 1. The van der Waals surface area contributed by atoms with Crippen molar-refractivity contribution in [3.63, 3.8) is 0 Å². The molecule has 1 rings (SSSR count). The number of alkyl halides is 5. The summed E-state index contributed by atoms with van der Waals surface area (Å²) in [7, 11) is 0. The van der Waals surface area contributed by atoms with E-state index in [0.717, 1.165) is 0 Å². The highest BCUT2D eigenvalue weighted by Crippen LogP contribution is 2.33. The minimum atomic E-state index is -4.91. The summed E-state index contributed by atoms with van der Waals surface area (Å²) in [6.07, 6.45) is -8.44. The van der Waals surface area contributed by atoms with Gasteiger partial charge in [-0.05, 0) is 6.07 Å². The van der Waals surface area contributed by atoms with E-state index >= 15 is 0 Å². The smallest absolute Gasteiger partial charge is 0.418 e. The monoisotopic (exact) mass is 255 g/mol. The summed E-state index contributed by atoms with van der Waals surface area (Å²) in [6.45, 7) is 0. The molecule has 0 amide bonds. The van der Waals surface area contributed by atoms with Crippen molar-refractivity contribution in [3.05, 3.63) is 29.1 Å². The molecule has 0 aliphatic carbocycles. The Kier molecular flexibility index (Phi) is 3.64. The number of nitrogens with zero attached hydrogens (tertiary/aromatic N) is 1. The van der Waals surface area contributed by atoms with Crippen LogP contribution in [0.25, 0.3) is 0 Å². The maximum atomic E-state index is 12.5. The van der Waals surface area contributed by atoms with Crippen LogP contribution in [-0.4, -0.2) is 16.1 Å². The summed E-state index contributed by atoms with van der Waals surface area (Å²) in [4.78, 5) is 13.4. The maximum Gasteiger partial charge on any atom is 0.418 e. The molecule has 0 spiro atoms. The minimum absolute atomic E-state index is 0.218. The van der Waals surface area contributed by atoms with Gasteiger partial charge >= 0.3 is 12.1 Å². The molecule has 0 radical (unpaired) electrons. The van der Waals surface area contributed by atoms with Gasteiger partial charge < -0.3 is 5.11 Å². The first kappa shape index (κ1) is 13.3. The van der Waals surface area contributed by atoms with Gasteiger partial charge in [-0.1, -0.05) is 0 Å². The summed E-state index contributed by atoms with van der Waals surface area (Å²) >= 11 is 0. The number of hydrogen-bond acceptors (Lipinski definition) is 2. The SMILES string of the molecule is O=C(O)Cc1ncc(C(F)F)cc1C(F)(F)F. The summed E-state index contributed by atoms with van der Waals surface area (Å²) < 4.78 is 61.8. The Morgan fingerprint density at radius 3 is 2.41 bits per heavy atom. The fourth-order valence-corrected chi connectivity index (χ4v) is 1.16. The molecule has 8 heteroatoms. The third-order valence-corrected chi connectivity index (χ3v) is 1.87. The average molecular weight is 255 g/mol. The molecular weight excluding hydrogens is 249 g/mol.